The van der Waals surface area contributed by atoms with Crippen LogP contribution in [-0.4, -0.2) is 29.9 Å². The van der Waals surface area contributed by atoms with Gasteiger partial charge in [-0.15, -0.1) is 0 Å². The summed E-state index contributed by atoms with van der Waals surface area (Å²) >= 11 is 5.91. The highest BCUT2D eigenvalue weighted by atomic mass is 35.5. The van der Waals surface area contributed by atoms with Crippen LogP contribution in [0.15, 0.2) is 60.3 Å². The molecule has 1 fully saturated rings. The Morgan fingerprint density at radius 2 is 1.64 bits per heavy atom. The van der Waals surface area contributed by atoms with Crippen molar-refractivity contribution >= 4 is 23.5 Å². The summed E-state index contributed by atoms with van der Waals surface area (Å²) in [6.07, 6.45) is 1.90. The summed E-state index contributed by atoms with van der Waals surface area (Å²) in [7, 11) is 3.83. The number of Topliss-reactive ketones (excluding diaryl/α,β-unsaturated/α-hetero) is 1. The van der Waals surface area contributed by atoms with E-state index in [1.54, 1.807) is 0 Å². The van der Waals surface area contributed by atoms with Crippen molar-refractivity contribution in [2.75, 3.05) is 14.1 Å². The number of likely N-dealkylation sites (N-methyl/N-ethyl adjacent to an activating group) is 2. The highest BCUT2D eigenvalue weighted by Crippen LogP contribution is 2.34. The van der Waals surface area contributed by atoms with Crippen molar-refractivity contribution in [3.05, 3.63) is 76.4 Å². The molecule has 2 aromatic carbocycles. The molecular weight excluding hydrogens is 296 g/mol. The molecule has 1 aliphatic heterocycles. The lowest BCUT2D eigenvalue weighted by molar-refractivity contribution is -0.117. The van der Waals surface area contributed by atoms with E-state index in [-0.39, 0.29) is 11.8 Å². The van der Waals surface area contributed by atoms with Crippen molar-refractivity contribution in [2.45, 2.75) is 6.04 Å². The smallest absolute Gasteiger partial charge is 0.203 e. The van der Waals surface area contributed by atoms with E-state index < -0.39 is 0 Å². The molecule has 0 saturated carbocycles. The van der Waals surface area contributed by atoms with Crippen molar-refractivity contribution in [2.24, 2.45) is 0 Å². The highest BCUT2D eigenvalue weighted by Gasteiger charge is 2.39. The molecule has 0 bridgehead atoms. The van der Waals surface area contributed by atoms with Crippen LogP contribution in [0.4, 0.5) is 0 Å². The molecule has 1 atom stereocenters. The molecule has 22 heavy (non-hydrogen) atoms. The Morgan fingerprint density at radius 1 is 1.00 bits per heavy atom. The zero-order valence-electron chi connectivity index (χ0n) is 12.5. The number of halogens is 1. The third-order valence-corrected chi connectivity index (χ3v) is 4.24. The number of hydrazine groups is 1. The van der Waals surface area contributed by atoms with E-state index in [2.05, 4.69) is 0 Å². The average Bonchev–Trinajstić information content (AvgIpc) is 2.74. The predicted molar refractivity (Wildman–Crippen MR) is 89.1 cm³/mol. The van der Waals surface area contributed by atoms with Crippen LogP contribution in [0.25, 0.3) is 6.08 Å². The van der Waals surface area contributed by atoms with Gasteiger partial charge in [-0.05, 0) is 29.3 Å². The second-order valence-electron chi connectivity index (χ2n) is 5.36. The van der Waals surface area contributed by atoms with E-state index in [0.717, 1.165) is 11.1 Å². The van der Waals surface area contributed by atoms with Gasteiger partial charge in [0.25, 0.3) is 0 Å². The lowest BCUT2D eigenvalue weighted by Gasteiger charge is -2.25. The van der Waals surface area contributed by atoms with Gasteiger partial charge in [0.2, 0.25) is 5.78 Å². The Kier molecular flexibility index (Phi) is 4.01. The molecule has 0 amide bonds. The molecule has 1 saturated heterocycles. The van der Waals surface area contributed by atoms with Crippen molar-refractivity contribution in [1.82, 2.24) is 10.0 Å². The first-order chi connectivity index (χ1) is 10.6. The molecule has 0 aliphatic carbocycles. The molecule has 1 heterocycles. The second-order valence-corrected chi connectivity index (χ2v) is 5.79. The van der Waals surface area contributed by atoms with E-state index in [1.165, 1.54) is 0 Å². The molecule has 0 N–H and O–H groups in total. The SMILES string of the molecule is CN1/C(=C/c2ccc(Cl)cc2)C(=O)C(c2ccccc2)N1C. The Hall–Kier alpha value is -2.10. The number of hydrogen-bond donors (Lipinski definition) is 0. The first kappa shape index (κ1) is 14.8. The molecule has 1 aliphatic rings. The van der Waals surface area contributed by atoms with E-state index in [1.807, 2.05) is 84.8 Å². The maximum absolute atomic E-state index is 12.8. The van der Waals surface area contributed by atoms with Gasteiger partial charge in [-0.1, -0.05) is 54.1 Å². The van der Waals surface area contributed by atoms with Crippen LogP contribution in [0.2, 0.25) is 5.02 Å². The van der Waals surface area contributed by atoms with Gasteiger partial charge >= 0.3 is 0 Å². The van der Waals surface area contributed by atoms with Gasteiger partial charge in [-0.3, -0.25) is 4.79 Å². The monoisotopic (exact) mass is 312 g/mol. The Morgan fingerprint density at radius 3 is 2.27 bits per heavy atom. The minimum absolute atomic E-state index is 0.103. The molecule has 1 unspecified atom stereocenters. The number of benzene rings is 2. The van der Waals surface area contributed by atoms with Crippen LogP contribution < -0.4 is 0 Å². The summed E-state index contributed by atoms with van der Waals surface area (Å²) in [4.78, 5) is 12.8. The normalized spacial score (nSPS) is 20.9. The van der Waals surface area contributed by atoms with E-state index >= 15 is 0 Å². The van der Waals surface area contributed by atoms with Crippen LogP contribution in [0.1, 0.15) is 17.2 Å². The molecule has 4 heteroatoms. The van der Waals surface area contributed by atoms with E-state index in [9.17, 15) is 4.79 Å². The fourth-order valence-corrected chi connectivity index (χ4v) is 2.82. The van der Waals surface area contributed by atoms with Crippen LogP contribution in [0.5, 0.6) is 0 Å². The Balaban J connectivity index is 1.97. The molecular formula is C18H17ClN2O. The molecule has 112 valence electrons. The maximum Gasteiger partial charge on any atom is 0.203 e. The standard InChI is InChI=1S/C18H17ClN2O/c1-20-16(12-13-8-10-15(19)11-9-13)18(22)17(21(20)2)14-6-4-3-5-7-14/h3-12,17H,1-2H3/b16-12+. The number of nitrogens with zero attached hydrogens (tertiary/aromatic N) is 2. The van der Waals surface area contributed by atoms with Crippen molar-refractivity contribution in [3.8, 4) is 0 Å². The lowest BCUT2D eigenvalue weighted by atomic mass is 10.0. The van der Waals surface area contributed by atoms with Crippen molar-refractivity contribution in [1.29, 1.82) is 0 Å². The van der Waals surface area contributed by atoms with Gasteiger partial charge in [-0.2, -0.15) is 0 Å². The van der Waals surface area contributed by atoms with Crippen molar-refractivity contribution < 1.29 is 4.79 Å². The molecule has 2 aromatic rings. The van der Waals surface area contributed by atoms with Crippen LogP contribution in [0, 0.1) is 0 Å². The summed E-state index contributed by atoms with van der Waals surface area (Å²) in [6.45, 7) is 0. The third-order valence-electron chi connectivity index (χ3n) is 3.99. The van der Waals surface area contributed by atoms with Gasteiger partial charge in [0.05, 0.1) is 5.70 Å². The largest absolute Gasteiger partial charge is 0.305 e. The summed E-state index contributed by atoms with van der Waals surface area (Å²) in [5.74, 6) is 0.103. The van der Waals surface area contributed by atoms with E-state index in [4.69, 9.17) is 11.6 Å². The Labute approximate surface area is 135 Å². The van der Waals surface area contributed by atoms with Gasteiger partial charge in [0, 0.05) is 19.1 Å². The zero-order chi connectivity index (χ0) is 15.7. The number of carbonyl (C=O) groups excluding carboxylic acids is 1. The topological polar surface area (TPSA) is 23.6 Å². The molecule has 3 rings (SSSR count). The molecule has 0 radical (unpaired) electrons. The minimum Gasteiger partial charge on any atom is -0.305 e. The summed E-state index contributed by atoms with van der Waals surface area (Å²) in [6, 6.07) is 17.0. The summed E-state index contributed by atoms with van der Waals surface area (Å²) in [5, 5.41) is 4.54. The fraction of sp³-hybridized carbons (Fsp3) is 0.167. The number of ketones is 1. The lowest BCUT2D eigenvalue weighted by Crippen LogP contribution is -2.30. The van der Waals surface area contributed by atoms with Crippen LogP contribution in [0.3, 0.4) is 0 Å². The van der Waals surface area contributed by atoms with Crippen LogP contribution in [-0.2, 0) is 4.79 Å². The molecule has 3 nitrogen and oxygen atoms in total. The summed E-state index contributed by atoms with van der Waals surface area (Å²) in [5.41, 5.74) is 2.64. The van der Waals surface area contributed by atoms with Crippen LogP contribution >= 0.6 is 11.6 Å². The first-order valence-electron chi connectivity index (χ1n) is 7.11. The maximum atomic E-state index is 12.8. The summed E-state index contributed by atoms with van der Waals surface area (Å²) < 4.78 is 0. The number of hydrogen-bond acceptors (Lipinski definition) is 3. The van der Waals surface area contributed by atoms with Gasteiger partial charge in [0.15, 0.2) is 0 Å². The quantitative estimate of drug-likeness (QED) is 0.788. The number of carbonyl (C=O) groups is 1. The van der Waals surface area contributed by atoms with Crippen molar-refractivity contribution in [3.63, 3.8) is 0 Å². The van der Waals surface area contributed by atoms with Gasteiger partial charge < -0.3 is 5.01 Å². The zero-order valence-corrected chi connectivity index (χ0v) is 13.3. The molecule has 0 aromatic heterocycles. The highest BCUT2D eigenvalue weighted by molar-refractivity contribution is 6.30. The third kappa shape index (κ3) is 2.65. The second kappa shape index (κ2) is 5.95. The van der Waals surface area contributed by atoms with E-state index in [0.29, 0.717) is 10.7 Å². The molecule has 0 spiro atoms. The average molecular weight is 313 g/mol. The minimum atomic E-state index is -0.273. The number of rotatable bonds is 2. The fourth-order valence-electron chi connectivity index (χ4n) is 2.70. The van der Waals surface area contributed by atoms with Gasteiger partial charge in [-0.25, -0.2) is 5.01 Å². The Bertz CT molecular complexity index is 710. The first-order valence-corrected chi connectivity index (χ1v) is 7.48. The van der Waals surface area contributed by atoms with Gasteiger partial charge in [0.1, 0.15) is 6.04 Å². The predicted octanol–water partition coefficient (Wildman–Crippen LogP) is 3.78.